The average Bonchev–Trinajstić information content (AvgIpc) is 2.89. The highest BCUT2D eigenvalue weighted by atomic mass is 16.2. The number of amidine groups is 1. The van der Waals surface area contributed by atoms with Crippen LogP contribution in [0.4, 0.5) is 5.69 Å². The Balaban J connectivity index is 2.04. The number of nitrogens with two attached hydrogens (primary N) is 1. The molecule has 24 heavy (non-hydrogen) atoms. The number of aliphatic imine (C=N–C) groups is 1. The van der Waals surface area contributed by atoms with Gasteiger partial charge in [0.1, 0.15) is 5.84 Å². The maximum absolute atomic E-state index is 12.8. The summed E-state index contributed by atoms with van der Waals surface area (Å²) in [5.41, 5.74) is 8.12. The molecule has 1 atom stereocenters. The molecule has 1 amide bonds. The highest BCUT2D eigenvalue weighted by molar-refractivity contribution is 6.11. The fourth-order valence-corrected chi connectivity index (χ4v) is 3.52. The van der Waals surface area contributed by atoms with Crippen molar-refractivity contribution in [2.24, 2.45) is 16.6 Å². The second kappa shape index (κ2) is 7.34. The summed E-state index contributed by atoms with van der Waals surface area (Å²) >= 11 is 0. The molecule has 1 saturated heterocycles. The van der Waals surface area contributed by atoms with E-state index in [0.717, 1.165) is 30.2 Å². The SMILES string of the molecule is CC(C)CN1C(=O)C(N)N=C(N2CCCCCC2)c2ccccc21. The van der Waals surface area contributed by atoms with Gasteiger partial charge in [-0.05, 0) is 30.9 Å². The zero-order valence-corrected chi connectivity index (χ0v) is 14.7. The molecule has 130 valence electrons. The third-order valence-corrected chi connectivity index (χ3v) is 4.67. The van der Waals surface area contributed by atoms with Crippen LogP contribution in [0.2, 0.25) is 0 Å². The minimum Gasteiger partial charge on any atom is -0.356 e. The summed E-state index contributed by atoms with van der Waals surface area (Å²) in [7, 11) is 0. The topological polar surface area (TPSA) is 61.9 Å². The van der Waals surface area contributed by atoms with Gasteiger partial charge >= 0.3 is 0 Å². The van der Waals surface area contributed by atoms with E-state index >= 15 is 0 Å². The first-order valence-electron chi connectivity index (χ1n) is 9.07. The van der Waals surface area contributed by atoms with Gasteiger partial charge in [0.05, 0.1) is 5.69 Å². The molecule has 0 bridgehead atoms. The van der Waals surface area contributed by atoms with Crippen LogP contribution in [0.5, 0.6) is 0 Å². The average molecular weight is 328 g/mol. The number of rotatable bonds is 2. The lowest BCUT2D eigenvalue weighted by Gasteiger charge is -2.27. The molecule has 0 radical (unpaired) electrons. The third-order valence-electron chi connectivity index (χ3n) is 4.67. The summed E-state index contributed by atoms with van der Waals surface area (Å²) in [6.07, 6.45) is 4.03. The molecule has 1 unspecified atom stereocenters. The lowest BCUT2D eigenvalue weighted by Crippen LogP contribution is -2.44. The molecule has 2 heterocycles. The lowest BCUT2D eigenvalue weighted by atomic mass is 10.1. The first-order chi connectivity index (χ1) is 11.6. The Morgan fingerprint density at radius 2 is 1.83 bits per heavy atom. The number of benzene rings is 1. The zero-order chi connectivity index (χ0) is 17.1. The number of fused-ring (bicyclic) bond motifs is 1. The first kappa shape index (κ1) is 17.0. The summed E-state index contributed by atoms with van der Waals surface area (Å²) < 4.78 is 0. The molecule has 2 aliphatic rings. The number of hydrogen-bond donors (Lipinski definition) is 1. The quantitative estimate of drug-likeness (QED) is 0.908. The maximum Gasteiger partial charge on any atom is 0.266 e. The highest BCUT2D eigenvalue weighted by Crippen LogP contribution is 2.28. The fraction of sp³-hybridized carbons (Fsp3) is 0.579. The smallest absolute Gasteiger partial charge is 0.266 e. The van der Waals surface area contributed by atoms with Crippen LogP contribution in [0.15, 0.2) is 29.3 Å². The largest absolute Gasteiger partial charge is 0.356 e. The van der Waals surface area contributed by atoms with Gasteiger partial charge in [0.25, 0.3) is 5.91 Å². The first-order valence-corrected chi connectivity index (χ1v) is 9.07. The van der Waals surface area contributed by atoms with Gasteiger partial charge in [-0.3, -0.25) is 4.79 Å². The summed E-state index contributed by atoms with van der Waals surface area (Å²) in [5.74, 6) is 1.15. The number of benzodiazepines with no additional fused rings is 1. The monoisotopic (exact) mass is 328 g/mol. The van der Waals surface area contributed by atoms with Crippen molar-refractivity contribution in [1.29, 1.82) is 0 Å². The van der Waals surface area contributed by atoms with Gasteiger partial charge in [-0.2, -0.15) is 0 Å². The van der Waals surface area contributed by atoms with Crippen molar-refractivity contribution in [3.63, 3.8) is 0 Å². The number of hydrogen-bond acceptors (Lipinski definition) is 4. The minimum atomic E-state index is -0.825. The van der Waals surface area contributed by atoms with E-state index in [2.05, 4.69) is 29.8 Å². The maximum atomic E-state index is 12.8. The predicted molar refractivity (Wildman–Crippen MR) is 98.2 cm³/mol. The van der Waals surface area contributed by atoms with Crippen LogP contribution in [0.1, 0.15) is 45.1 Å². The Labute approximate surface area is 144 Å². The summed E-state index contributed by atoms with van der Waals surface area (Å²) in [6, 6.07) is 8.08. The van der Waals surface area contributed by atoms with E-state index in [1.165, 1.54) is 25.7 Å². The van der Waals surface area contributed by atoms with Crippen LogP contribution in [0, 0.1) is 5.92 Å². The van der Waals surface area contributed by atoms with Crippen molar-refractivity contribution in [3.8, 4) is 0 Å². The zero-order valence-electron chi connectivity index (χ0n) is 14.7. The van der Waals surface area contributed by atoms with E-state index in [4.69, 9.17) is 5.73 Å². The van der Waals surface area contributed by atoms with Crippen molar-refractivity contribution < 1.29 is 4.79 Å². The van der Waals surface area contributed by atoms with Crippen molar-refractivity contribution in [1.82, 2.24) is 4.90 Å². The van der Waals surface area contributed by atoms with Gasteiger partial charge in [-0.25, -0.2) is 4.99 Å². The Morgan fingerprint density at radius 1 is 1.17 bits per heavy atom. The van der Waals surface area contributed by atoms with Crippen molar-refractivity contribution in [2.45, 2.75) is 45.7 Å². The molecule has 3 rings (SSSR count). The molecule has 0 aliphatic carbocycles. The van der Waals surface area contributed by atoms with Crippen LogP contribution in [-0.4, -0.2) is 42.4 Å². The molecule has 1 aromatic rings. The number of amides is 1. The number of anilines is 1. The molecule has 0 aromatic heterocycles. The van der Waals surface area contributed by atoms with Gasteiger partial charge in [0.2, 0.25) is 0 Å². The standard InChI is InChI=1S/C19H28N4O/c1-14(2)13-23-16-10-6-5-9-15(16)18(21-17(20)19(23)24)22-11-7-3-4-8-12-22/h5-6,9-10,14,17H,3-4,7-8,11-13,20H2,1-2H3. The minimum absolute atomic E-state index is 0.110. The molecule has 5 nitrogen and oxygen atoms in total. The van der Waals surface area contributed by atoms with Crippen LogP contribution in [0.25, 0.3) is 0 Å². The van der Waals surface area contributed by atoms with Crippen LogP contribution in [0.3, 0.4) is 0 Å². The molecule has 0 saturated carbocycles. The van der Waals surface area contributed by atoms with Crippen molar-refractivity contribution >= 4 is 17.4 Å². The number of nitrogens with zero attached hydrogens (tertiary/aromatic N) is 3. The Hall–Kier alpha value is -1.88. The van der Waals surface area contributed by atoms with Gasteiger partial charge in [-0.1, -0.05) is 38.8 Å². The van der Waals surface area contributed by atoms with Crippen molar-refractivity contribution in [3.05, 3.63) is 29.8 Å². The van der Waals surface area contributed by atoms with E-state index in [1.54, 1.807) is 0 Å². The van der Waals surface area contributed by atoms with Crippen LogP contribution in [-0.2, 0) is 4.79 Å². The van der Waals surface area contributed by atoms with Gasteiger partial charge in [0.15, 0.2) is 6.17 Å². The second-order valence-electron chi connectivity index (χ2n) is 7.16. The van der Waals surface area contributed by atoms with Crippen LogP contribution < -0.4 is 10.6 Å². The number of para-hydroxylation sites is 1. The number of likely N-dealkylation sites (tertiary alicyclic amines) is 1. The van der Waals surface area contributed by atoms with E-state index in [9.17, 15) is 4.79 Å². The van der Waals surface area contributed by atoms with E-state index in [0.29, 0.717) is 12.5 Å². The van der Waals surface area contributed by atoms with E-state index in [1.807, 2.05) is 23.1 Å². The number of carbonyl (C=O) groups excluding carboxylic acids is 1. The molecule has 5 heteroatoms. The summed E-state index contributed by atoms with van der Waals surface area (Å²) in [4.78, 5) is 21.6. The van der Waals surface area contributed by atoms with Crippen LogP contribution >= 0.6 is 0 Å². The second-order valence-corrected chi connectivity index (χ2v) is 7.16. The van der Waals surface area contributed by atoms with E-state index in [-0.39, 0.29) is 5.91 Å². The molecule has 2 N–H and O–H groups in total. The van der Waals surface area contributed by atoms with Crippen molar-refractivity contribution in [2.75, 3.05) is 24.5 Å². The molecular formula is C19H28N4O. The molecular weight excluding hydrogens is 300 g/mol. The summed E-state index contributed by atoms with van der Waals surface area (Å²) in [5, 5.41) is 0. The van der Waals surface area contributed by atoms with E-state index < -0.39 is 6.17 Å². The fourth-order valence-electron chi connectivity index (χ4n) is 3.52. The normalized spacial score (nSPS) is 22.1. The molecule has 1 fully saturated rings. The Kier molecular flexibility index (Phi) is 5.19. The number of carbonyl (C=O) groups is 1. The molecule has 2 aliphatic heterocycles. The predicted octanol–water partition coefficient (Wildman–Crippen LogP) is 2.60. The molecule has 1 aromatic carbocycles. The highest BCUT2D eigenvalue weighted by Gasteiger charge is 2.31. The third kappa shape index (κ3) is 3.46. The van der Waals surface area contributed by atoms with Gasteiger partial charge in [-0.15, -0.1) is 0 Å². The van der Waals surface area contributed by atoms with Gasteiger partial charge in [0, 0.05) is 25.2 Å². The lowest BCUT2D eigenvalue weighted by molar-refractivity contribution is -0.119. The van der Waals surface area contributed by atoms with Gasteiger partial charge < -0.3 is 15.5 Å². The Morgan fingerprint density at radius 3 is 2.50 bits per heavy atom. The summed E-state index contributed by atoms with van der Waals surface area (Å²) in [6.45, 7) is 6.86. The Bertz CT molecular complexity index is 618. The molecule has 0 spiro atoms.